The first-order valence-electron chi connectivity index (χ1n) is 12.7. The number of hydrogen-bond acceptors (Lipinski definition) is 7. The highest BCUT2D eigenvalue weighted by atomic mass is 16.5. The normalized spacial score (nSPS) is 15.0. The van der Waals surface area contributed by atoms with Crippen molar-refractivity contribution in [1.29, 1.82) is 0 Å². The minimum atomic E-state index is -0.156. The molecule has 0 amide bonds. The lowest BCUT2D eigenvalue weighted by atomic mass is 10.1. The third-order valence-corrected chi connectivity index (χ3v) is 6.59. The first-order chi connectivity index (χ1) is 18.6. The lowest BCUT2D eigenvalue weighted by Gasteiger charge is -2.37. The first kappa shape index (κ1) is 26.9. The molecule has 2 N–H and O–H groups in total. The zero-order valence-corrected chi connectivity index (χ0v) is 22.0. The van der Waals surface area contributed by atoms with E-state index in [9.17, 15) is 4.79 Å². The zero-order valence-electron chi connectivity index (χ0n) is 22.0. The van der Waals surface area contributed by atoms with Crippen LogP contribution < -0.4 is 26.0 Å². The number of benzene rings is 2. The van der Waals surface area contributed by atoms with E-state index in [1.54, 1.807) is 25.1 Å². The van der Waals surface area contributed by atoms with Gasteiger partial charge < -0.3 is 25.0 Å². The number of hydrogen-bond donors (Lipinski definition) is 1. The van der Waals surface area contributed by atoms with Crippen LogP contribution in [-0.4, -0.2) is 80.1 Å². The Morgan fingerprint density at radius 1 is 0.974 bits per heavy atom. The fourth-order valence-corrected chi connectivity index (χ4v) is 4.43. The maximum Gasteiger partial charge on any atom is 0.350 e. The van der Waals surface area contributed by atoms with Crippen LogP contribution in [0.4, 0.5) is 11.4 Å². The summed E-state index contributed by atoms with van der Waals surface area (Å²) in [7, 11) is 3.34. The van der Waals surface area contributed by atoms with E-state index in [1.807, 2.05) is 24.3 Å². The topological polar surface area (TPSA) is 115 Å². The predicted molar refractivity (Wildman–Crippen MR) is 151 cm³/mol. The van der Waals surface area contributed by atoms with Crippen molar-refractivity contribution < 1.29 is 9.47 Å². The van der Waals surface area contributed by atoms with Crippen LogP contribution in [0.3, 0.4) is 0 Å². The molecule has 0 saturated carbocycles. The molecule has 0 bridgehead atoms. The quantitative estimate of drug-likeness (QED) is 0.287. The molecule has 0 radical (unpaired) electrons. The Hall–Kier alpha value is -4.12. The van der Waals surface area contributed by atoms with Gasteiger partial charge in [-0.05, 0) is 55.0 Å². The molecule has 0 aliphatic carbocycles. The summed E-state index contributed by atoms with van der Waals surface area (Å²) in [4.78, 5) is 24.9. The van der Waals surface area contributed by atoms with Crippen molar-refractivity contribution in [3.8, 4) is 11.4 Å². The number of aryl methyl sites for hydroxylation is 1. The Balaban J connectivity index is 1.25. The average Bonchev–Trinajstić information content (AvgIpc) is 3.29. The van der Waals surface area contributed by atoms with Gasteiger partial charge in [0.25, 0.3) is 0 Å². The second-order valence-electron chi connectivity index (χ2n) is 9.13. The highest BCUT2D eigenvalue weighted by Crippen LogP contribution is 2.24. The Bertz CT molecular complexity index is 1240. The summed E-state index contributed by atoms with van der Waals surface area (Å²) < 4.78 is 14.2. The van der Waals surface area contributed by atoms with E-state index in [0.717, 1.165) is 49.7 Å². The largest absolute Gasteiger partial charge is 0.493 e. The molecule has 1 aliphatic heterocycles. The molecule has 0 spiro atoms. The van der Waals surface area contributed by atoms with Gasteiger partial charge in [-0.2, -0.15) is 5.10 Å². The number of methoxy groups -OCH3 is 1. The molecule has 11 nitrogen and oxygen atoms in total. The van der Waals surface area contributed by atoms with E-state index in [2.05, 4.69) is 49.1 Å². The monoisotopic (exact) mass is 520 g/mol. The molecule has 38 heavy (non-hydrogen) atoms. The Morgan fingerprint density at radius 3 is 2.13 bits per heavy atom. The summed E-state index contributed by atoms with van der Waals surface area (Å²) in [6.07, 6.45) is 5.07. The van der Waals surface area contributed by atoms with Gasteiger partial charge in [-0.15, -0.1) is 0 Å². The number of aliphatic imine (C=N–C) groups is 2. The number of piperazine rings is 1. The van der Waals surface area contributed by atoms with Crippen molar-refractivity contribution in [1.82, 2.24) is 14.3 Å². The lowest BCUT2D eigenvalue weighted by Crippen LogP contribution is -2.46. The molecule has 1 unspecified atom stereocenters. The molecule has 1 atom stereocenters. The van der Waals surface area contributed by atoms with Crippen LogP contribution in [0.15, 0.2) is 69.6 Å². The van der Waals surface area contributed by atoms with Crippen LogP contribution in [0.5, 0.6) is 5.75 Å². The van der Waals surface area contributed by atoms with Crippen LogP contribution in [-0.2, 0) is 11.8 Å². The number of rotatable bonds is 12. The van der Waals surface area contributed by atoms with E-state index < -0.39 is 0 Å². The van der Waals surface area contributed by atoms with Crippen LogP contribution in [0.25, 0.3) is 5.69 Å². The van der Waals surface area contributed by atoms with Gasteiger partial charge in [0, 0.05) is 64.2 Å². The Labute approximate surface area is 222 Å². The molecule has 202 valence electrons. The standard InChI is InChI=1S/C27H36N8O3/c1-32-27(36)35(21-31-32)25-5-3-23(4-6-25)33-13-15-34(16-14-33)24-7-9-26(10-8-24)38-18-22(17-37-2)11-12-29-20-30-19-28/h3-10,19-22H,11-18H2,1-2H3,(H2,28,29,30). The summed E-state index contributed by atoms with van der Waals surface area (Å²) >= 11 is 0. The van der Waals surface area contributed by atoms with Gasteiger partial charge in [-0.3, -0.25) is 4.99 Å². The maximum absolute atomic E-state index is 12.1. The highest BCUT2D eigenvalue weighted by Gasteiger charge is 2.18. The molecule has 1 fully saturated rings. The first-order valence-corrected chi connectivity index (χ1v) is 12.7. The van der Waals surface area contributed by atoms with Crippen molar-refractivity contribution in [2.24, 2.45) is 28.7 Å². The van der Waals surface area contributed by atoms with E-state index >= 15 is 0 Å². The fourth-order valence-electron chi connectivity index (χ4n) is 4.43. The number of aromatic nitrogens is 3. The average molecular weight is 521 g/mol. The molecular formula is C27H36N8O3. The minimum absolute atomic E-state index is 0.156. The van der Waals surface area contributed by atoms with Crippen molar-refractivity contribution >= 4 is 24.1 Å². The fraction of sp³-hybridized carbons (Fsp3) is 0.407. The summed E-state index contributed by atoms with van der Waals surface area (Å²) in [6, 6.07) is 16.3. The molecule has 1 aromatic heterocycles. The molecule has 4 rings (SSSR count). The zero-order chi connectivity index (χ0) is 26.7. The van der Waals surface area contributed by atoms with Gasteiger partial charge in [0.2, 0.25) is 0 Å². The highest BCUT2D eigenvalue weighted by molar-refractivity contribution is 5.69. The van der Waals surface area contributed by atoms with Crippen molar-refractivity contribution in [2.75, 3.05) is 62.8 Å². The number of nitrogens with zero attached hydrogens (tertiary/aromatic N) is 7. The number of nitrogens with two attached hydrogens (primary N) is 1. The third-order valence-electron chi connectivity index (χ3n) is 6.59. The molecule has 1 aliphatic rings. The van der Waals surface area contributed by atoms with Crippen molar-refractivity contribution in [3.05, 3.63) is 65.3 Å². The van der Waals surface area contributed by atoms with Crippen LogP contribution in [0.2, 0.25) is 0 Å². The second kappa shape index (κ2) is 13.4. The molecular weight excluding hydrogens is 484 g/mol. The van der Waals surface area contributed by atoms with Crippen LogP contribution >= 0.6 is 0 Å². The van der Waals surface area contributed by atoms with Gasteiger partial charge in [0.05, 0.1) is 25.2 Å². The van der Waals surface area contributed by atoms with E-state index in [-0.39, 0.29) is 11.6 Å². The Kier molecular flexibility index (Phi) is 9.52. The molecule has 2 aromatic carbocycles. The van der Waals surface area contributed by atoms with Gasteiger partial charge >= 0.3 is 5.69 Å². The van der Waals surface area contributed by atoms with Gasteiger partial charge in [0.1, 0.15) is 18.4 Å². The lowest BCUT2D eigenvalue weighted by molar-refractivity contribution is 0.114. The van der Waals surface area contributed by atoms with Crippen LogP contribution in [0.1, 0.15) is 6.42 Å². The summed E-state index contributed by atoms with van der Waals surface area (Å²) in [5.41, 5.74) is 8.20. The van der Waals surface area contributed by atoms with E-state index in [0.29, 0.717) is 19.8 Å². The second-order valence-corrected chi connectivity index (χ2v) is 9.13. The molecule has 3 aromatic rings. The Morgan fingerprint density at radius 2 is 1.58 bits per heavy atom. The molecule has 1 saturated heterocycles. The van der Waals surface area contributed by atoms with Crippen molar-refractivity contribution in [2.45, 2.75) is 6.42 Å². The third kappa shape index (κ3) is 7.00. The summed E-state index contributed by atoms with van der Waals surface area (Å²) in [6.45, 7) is 5.51. The molecule has 11 heteroatoms. The van der Waals surface area contributed by atoms with Gasteiger partial charge in [-0.25, -0.2) is 19.0 Å². The summed E-state index contributed by atoms with van der Waals surface area (Å²) in [5.74, 6) is 1.09. The van der Waals surface area contributed by atoms with E-state index in [1.165, 1.54) is 23.0 Å². The maximum atomic E-state index is 12.1. The number of anilines is 2. The van der Waals surface area contributed by atoms with Crippen LogP contribution in [0, 0.1) is 5.92 Å². The number of ether oxygens (including phenoxy) is 2. The van der Waals surface area contributed by atoms with Crippen molar-refractivity contribution in [3.63, 3.8) is 0 Å². The van der Waals surface area contributed by atoms with Gasteiger partial charge in [-0.1, -0.05) is 0 Å². The summed E-state index contributed by atoms with van der Waals surface area (Å²) in [5, 5.41) is 4.02. The van der Waals surface area contributed by atoms with E-state index in [4.69, 9.17) is 15.2 Å². The minimum Gasteiger partial charge on any atom is -0.493 e. The smallest absolute Gasteiger partial charge is 0.350 e. The SMILES string of the molecule is COCC(CCN=CN=CN)COc1ccc(N2CCN(c3ccc(-n4cnn(C)c4=O)cc3)CC2)cc1. The van der Waals surface area contributed by atoms with Gasteiger partial charge in [0.15, 0.2) is 0 Å². The molecule has 2 heterocycles. The predicted octanol–water partition coefficient (Wildman–Crippen LogP) is 1.94.